The second kappa shape index (κ2) is 6.88. The largest absolute Gasteiger partial charge is 0.294 e. The Morgan fingerprint density at radius 3 is 2.00 bits per heavy atom. The molecule has 2 rings (SSSR count). The Bertz CT molecular complexity index is 394. The highest BCUT2D eigenvalue weighted by Gasteiger charge is 2.20. The molecule has 1 nitrogen and oxygen atoms in total. The van der Waals surface area contributed by atoms with Crippen molar-refractivity contribution in [2.75, 3.05) is 0 Å². The number of hydrogen-bond acceptors (Lipinski definition) is 1. The number of carbonyl (C=O) groups excluding carboxylic acids is 1. The van der Waals surface area contributed by atoms with E-state index in [4.69, 9.17) is 0 Å². The first-order valence-electron chi connectivity index (χ1n) is 7.82. The molecule has 19 heavy (non-hydrogen) atoms. The molecule has 0 heterocycles. The first-order valence-corrected chi connectivity index (χ1v) is 7.82. The van der Waals surface area contributed by atoms with E-state index in [9.17, 15) is 4.79 Å². The van der Waals surface area contributed by atoms with E-state index in [1.54, 1.807) is 0 Å². The summed E-state index contributed by atoms with van der Waals surface area (Å²) in [6.07, 6.45) is 8.58. The molecule has 1 saturated carbocycles. The van der Waals surface area contributed by atoms with Gasteiger partial charge in [-0.1, -0.05) is 70.2 Å². The summed E-state index contributed by atoms with van der Waals surface area (Å²) in [4.78, 5) is 12.5. The molecule has 1 heteroatoms. The Labute approximate surface area is 117 Å². The molecule has 0 spiro atoms. The SMILES string of the molecule is CC(C)c1ccc(C(=O)C2CCCCCCC2)cc1. The molecular formula is C18H26O. The highest BCUT2D eigenvalue weighted by Crippen LogP contribution is 2.26. The van der Waals surface area contributed by atoms with Gasteiger partial charge in [-0.3, -0.25) is 4.79 Å². The zero-order valence-electron chi connectivity index (χ0n) is 12.3. The van der Waals surface area contributed by atoms with Crippen molar-refractivity contribution in [1.82, 2.24) is 0 Å². The predicted octanol–water partition coefficient (Wildman–Crippen LogP) is 5.35. The molecule has 0 saturated heterocycles. The van der Waals surface area contributed by atoms with Gasteiger partial charge < -0.3 is 0 Å². The van der Waals surface area contributed by atoms with E-state index >= 15 is 0 Å². The number of rotatable bonds is 3. The molecule has 0 N–H and O–H groups in total. The zero-order chi connectivity index (χ0) is 13.7. The van der Waals surface area contributed by atoms with Crippen molar-refractivity contribution in [1.29, 1.82) is 0 Å². The van der Waals surface area contributed by atoms with Crippen LogP contribution < -0.4 is 0 Å². The van der Waals surface area contributed by atoms with Gasteiger partial charge in [-0.25, -0.2) is 0 Å². The maximum atomic E-state index is 12.5. The van der Waals surface area contributed by atoms with Gasteiger partial charge in [-0.05, 0) is 24.3 Å². The molecule has 1 aliphatic rings. The van der Waals surface area contributed by atoms with Crippen molar-refractivity contribution in [3.63, 3.8) is 0 Å². The van der Waals surface area contributed by atoms with Gasteiger partial charge in [-0.2, -0.15) is 0 Å². The maximum absolute atomic E-state index is 12.5. The van der Waals surface area contributed by atoms with Gasteiger partial charge >= 0.3 is 0 Å². The lowest BCUT2D eigenvalue weighted by Gasteiger charge is -2.18. The van der Waals surface area contributed by atoms with Gasteiger partial charge in [0, 0.05) is 11.5 Å². The van der Waals surface area contributed by atoms with Crippen LogP contribution in [0.25, 0.3) is 0 Å². The number of benzene rings is 1. The minimum atomic E-state index is 0.269. The quantitative estimate of drug-likeness (QED) is 0.668. The van der Waals surface area contributed by atoms with Gasteiger partial charge in [0.25, 0.3) is 0 Å². The summed E-state index contributed by atoms with van der Waals surface area (Å²) in [6.45, 7) is 4.37. The normalized spacial score (nSPS) is 18.1. The van der Waals surface area contributed by atoms with Crippen LogP contribution >= 0.6 is 0 Å². The van der Waals surface area contributed by atoms with E-state index in [0.29, 0.717) is 11.7 Å². The van der Waals surface area contributed by atoms with Crippen LogP contribution in [-0.4, -0.2) is 5.78 Å². The van der Waals surface area contributed by atoms with E-state index < -0.39 is 0 Å². The van der Waals surface area contributed by atoms with E-state index in [0.717, 1.165) is 18.4 Å². The van der Waals surface area contributed by atoms with Crippen LogP contribution in [0.2, 0.25) is 0 Å². The molecule has 0 unspecified atom stereocenters. The van der Waals surface area contributed by atoms with Crippen LogP contribution in [0.15, 0.2) is 24.3 Å². The minimum Gasteiger partial charge on any atom is -0.294 e. The Balaban J connectivity index is 2.04. The van der Waals surface area contributed by atoms with Crippen molar-refractivity contribution in [2.24, 2.45) is 5.92 Å². The maximum Gasteiger partial charge on any atom is 0.165 e. The summed E-state index contributed by atoms with van der Waals surface area (Å²) in [5.74, 6) is 1.17. The molecule has 104 valence electrons. The monoisotopic (exact) mass is 258 g/mol. The van der Waals surface area contributed by atoms with Crippen molar-refractivity contribution in [3.05, 3.63) is 35.4 Å². The highest BCUT2D eigenvalue weighted by molar-refractivity contribution is 5.97. The van der Waals surface area contributed by atoms with E-state index in [1.807, 2.05) is 12.1 Å². The fraction of sp³-hybridized carbons (Fsp3) is 0.611. The summed E-state index contributed by atoms with van der Waals surface area (Å²) in [5.41, 5.74) is 2.23. The zero-order valence-corrected chi connectivity index (χ0v) is 12.3. The molecule has 1 aromatic carbocycles. The molecule has 0 aliphatic heterocycles. The molecule has 1 fully saturated rings. The van der Waals surface area contributed by atoms with Gasteiger partial charge in [0.05, 0.1) is 0 Å². The first kappa shape index (κ1) is 14.3. The van der Waals surface area contributed by atoms with Crippen LogP contribution in [0, 0.1) is 5.92 Å². The Morgan fingerprint density at radius 1 is 0.947 bits per heavy atom. The molecule has 0 atom stereocenters. The fourth-order valence-corrected chi connectivity index (χ4v) is 2.99. The van der Waals surface area contributed by atoms with Crippen LogP contribution in [0.4, 0.5) is 0 Å². The number of Topliss-reactive ketones (excluding diaryl/α,β-unsaturated/α-hetero) is 1. The summed E-state index contributed by atoms with van der Waals surface area (Å²) < 4.78 is 0. The average Bonchev–Trinajstić information content (AvgIpc) is 2.38. The summed E-state index contributed by atoms with van der Waals surface area (Å²) in [6, 6.07) is 8.27. The third kappa shape index (κ3) is 3.92. The van der Waals surface area contributed by atoms with Crippen LogP contribution in [0.1, 0.15) is 80.6 Å². The lowest BCUT2D eigenvalue weighted by atomic mass is 9.85. The van der Waals surface area contributed by atoms with E-state index in [1.165, 1.54) is 37.7 Å². The molecule has 1 aromatic rings. The van der Waals surface area contributed by atoms with Crippen LogP contribution in [0.5, 0.6) is 0 Å². The van der Waals surface area contributed by atoms with E-state index in [2.05, 4.69) is 26.0 Å². The number of ketones is 1. The van der Waals surface area contributed by atoms with Crippen molar-refractivity contribution < 1.29 is 4.79 Å². The standard InChI is InChI=1S/C18H26O/c1-14(2)15-10-12-17(13-11-15)18(19)16-8-6-4-3-5-7-9-16/h10-14,16H,3-9H2,1-2H3. The smallest absolute Gasteiger partial charge is 0.165 e. The minimum absolute atomic E-state index is 0.269. The third-order valence-corrected chi connectivity index (χ3v) is 4.34. The second-order valence-electron chi connectivity index (χ2n) is 6.18. The predicted molar refractivity (Wildman–Crippen MR) is 80.7 cm³/mol. The Kier molecular flexibility index (Phi) is 5.18. The summed E-state index contributed by atoms with van der Waals surface area (Å²) >= 11 is 0. The lowest BCUT2D eigenvalue weighted by molar-refractivity contribution is 0.0898. The molecule has 1 aliphatic carbocycles. The van der Waals surface area contributed by atoms with Gasteiger partial charge in [0.2, 0.25) is 0 Å². The highest BCUT2D eigenvalue weighted by atomic mass is 16.1. The number of carbonyl (C=O) groups is 1. The molecule has 0 aromatic heterocycles. The molecule has 0 bridgehead atoms. The second-order valence-corrected chi connectivity index (χ2v) is 6.18. The summed E-state index contributed by atoms with van der Waals surface area (Å²) in [5, 5.41) is 0. The lowest BCUT2D eigenvalue weighted by Crippen LogP contribution is -2.16. The van der Waals surface area contributed by atoms with Crippen LogP contribution in [-0.2, 0) is 0 Å². The van der Waals surface area contributed by atoms with Gasteiger partial charge in [0.1, 0.15) is 0 Å². The molecule has 0 amide bonds. The van der Waals surface area contributed by atoms with E-state index in [-0.39, 0.29) is 5.92 Å². The molecular weight excluding hydrogens is 232 g/mol. The van der Waals surface area contributed by atoms with Crippen molar-refractivity contribution in [3.8, 4) is 0 Å². The summed E-state index contributed by atoms with van der Waals surface area (Å²) in [7, 11) is 0. The molecule has 0 radical (unpaired) electrons. The Morgan fingerprint density at radius 2 is 1.47 bits per heavy atom. The van der Waals surface area contributed by atoms with Crippen molar-refractivity contribution in [2.45, 2.75) is 64.7 Å². The average molecular weight is 258 g/mol. The van der Waals surface area contributed by atoms with Gasteiger partial charge in [-0.15, -0.1) is 0 Å². The van der Waals surface area contributed by atoms with Crippen LogP contribution in [0.3, 0.4) is 0 Å². The van der Waals surface area contributed by atoms with Gasteiger partial charge in [0.15, 0.2) is 5.78 Å². The fourth-order valence-electron chi connectivity index (χ4n) is 2.99. The third-order valence-electron chi connectivity index (χ3n) is 4.34. The topological polar surface area (TPSA) is 17.1 Å². The number of hydrogen-bond donors (Lipinski definition) is 0. The Hall–Kier alpha value is -1.11. The first-order chi connectivity index (χ1) is 9.18. The van der Waals surface area contributed by atoms with Crippen molar-refractivity contribution >= 4 is 5.78 Å².